The van der Waals surface area contributed by atoms with Crippen LogP contribution in [0.4, 0.5) is 11.4 Å². The highest BCUT2D eigenvalue weighted by atomic mass is 35.5. The fraction of sp³-hybridized carbons (Fsp3) is 0.333. The fourth-order valence-corrected chi connectivity index (χ4v) is 4.74. The van der Waals surface area contributed by atoms with E-state index in [0.29, 0.717) is 23.4 Å². The van der Waals surface area contributed by atoms with Gasteiger partial charge in [-0.05, 0) is 61.2 Å². The van der Waals surface area contributed by atoms with Gasteiger partial charge in [-0.25, -0.2) is 8.42 Å². The van der Waals surface area contributed by atoms with Crippen LogP contribution < -0.4 is 20.8 Å². The third-order valence-electron chi connectivity index (χ3n) is 5.01. The van der Waals surface area contributed by atoms with E-state index in [1.54, 1.807) is 18.2 Å². The first kappa shape index (κ1) is 24.6. The summed E-state index contributed by atoms with van der Waals surface area (Å²) in [6.45, 7) is 2.01. The van der Waals surface area contributed by atoms with Crippen LogP contribution >= 0.6 is 24.8 Å². The van der Waals surface area contributed by atoms with Gasteiger partial charge in [-0.15, -0.1) is 24.8 Å². The van der Waals surface area contributed by atoms with Crippen molar-refractivity contribution in [3.8, 4) is 5.75 Å². The van der Waals surface area contributed by atoms with Gasteiger partial charge in [-0.1, -0.05) is 6.07 Å². The lowest BCUT2D eigenvalue weighted by molar-refractivity contribution is 0.275. The first-order valence-corrected chi connectivity index (χ1v) is 10.7. The second-order valence-corrected chi connectivity index (χ2v) is 8.68. The Balaban J connectivity index is 0.00000160. The number of rotatable bonds is 5. The molecule has 2 aliphatic heterocycles. The van der Waals surface area contributed by atoms with Crippen molar-refractivity contribution in [3.63, 3.8) is 0 Å². The maximum absolute atomic E-state index is 13.0. The van der Waals surface area contributed by atoms with Gasteiger partial charge in [0.25, 0.3) is 10.0 Å². The van der Waals surface area contributed by atoms with Gasteiger partial charge in [0.15, 0.2) is 0 Å². The Morgan fingerprint density at radius 2 is 1.83 bits per heavy atom. The van der Waals surface area contributed by atoms with E-state index in [1.165, 1.54) is 18.2 Å². The molecule has 0 amide bonds. The molecule has 2 aromatic rings. The Labute approximate surface area is 188 Å². The molecular formula is C18H24BCl2N3O5S. The van der Waals surface area contributed by atoms with Crippen LogP contribution in [0.1, 0.15) is 18.4 Å². The molecule has 2 aliphatic rings. The average molecular weight is 476 g/mol. The Hall–Kier alpha value is -1.69. The summed E-state index contributed by atoms with van der Waals surface area (Å²) in [7, 11) is -4.96. The summed E-state index contributed by atoms with van der Waals surface area (Å²) in [5, 5.41) is 26.2. The largest absolute Gasteiger partial charge is 0.508 e. The number of hydrogen-bond donors (Lipinski definition) is 5. The van der Waals surface area contributed by atoms with Crippen LogP contribution in [0.25, 0.3) is 0 Å². The number of benzene rings is 2. The van der Waals surface area contributed by atoms with Gasteiger partial charge in [-0.3, -0.25) is 4.72 Å². The topological polar surface area (TPSA) is 120 Å². The molecule has 0 bridgehead atoms. The third kappa shape index (κ3) is 5.32. The molecule has 0 aromatic heterocycles. The fourth-order valence-electron chi connectivity index (χ4n) is 3.54. The molecule has 164 valence electrons. The monoisotopic (exact) mass is 475 g/mol. The molecule has 0 saturated carbocycles. The normalized spacial score (nSPS) is 16.2. The predicted molar refractivity (Wildman–Crippen MR) is 122 cm³/mol. The Morgan fingerprint density at radius 3 is 2.57 bits per heavy atom. The quantitative estimate of drug-likeness (QED) is 0.414. The summed E-state index contributed by atoms with van der Waals surface area (Å²) in [5.41, 5.74) is 2.08. The molecule has 1 fully saturated rings. The summed E-state index contributed by atoms with van der Waals surface area (Å²) in [4.78, 5) is 0.0566. The average Bonchev–Trinajstić information content (AvgIpc) is 3.03. The molecule has 0 unspecified atom stereocenters. The lowest BCUT2D eigenvalue weighted by Gasteiger charge is -2.26. The highest BCUT2D eigenvalue weighted by Crippen LogP contribution is 2.29. The van der Waals surface area contributed by atoms with Crippen LogP contribution in [0.3, 0.4) is 0 Å². The Morgan fingerprint density at radius 1 is 1.10 bits per heavy atom. The van der Waals surface area contributed by atoms with Crippen molar-refractivity contribution >= 4 is 58.8 Å². The van der Waals surface area contributed by atoms with Crippen LogP contribution in [0.15, 0.2) is 41.3 Å². The molecule has 0 atom stereocenters. The summed E-state index contributed by atoms with van der Waals surface area (Å²) >= 11 is 0. The first-order valence-electron chi connectivity index (χ1n) is 9.18. The number of hydrogen-bond acceptors (Lipinski definition) is 7. The van der Waals surface area contributed by atoms with Crippen molar-refractivity contribution in [2.45, 2.75) is 30.4 Å². The SMILES string of the molecule is Cl.Cl.O=S(=O)(Nc1ccc2c(c1)B(O)OC2)c1ccc(O)cc1NC1CCNCC1. The molecule has 0 radical (unpaired) electrons. The molecule has 30 heavy (non-hydrogen) atoms. The number of nitrogens with one attached hydrogen (secondary N) is 3. The van der Waals surface area contributed by atoms with Gasteiger partial charge in [0.05, 0.1) is 12.3 Å². The van der Waals surface area contributed by atoms with Gasteiger partial charge in [0.2, 0.25) is 0 Å². The zero-order valence-electron chi connectivity index (χ0n) is 16.0. The zero-order valence-corrected chi connectivity index (χ0v) is 18.4. The van der Waals surface area contributed by atoms with Crippen LogP contribution in [-0.4, -0.2) is 44.8 Å². The number of halogens is 2. The van der Waals surface area contributed by atoms with Crippen molar-refractivity contribution in [3.05, 3.63) is 42.0 Å². The first-order chi connectivity index (χ1) is 13.4. The Kier molecular flexibility index (Phi) is 8.26. The van der Waals surface area contributed by atoms with Gasteiger partial charge in [0.1, 0.15) is 10.6 Å². The van der Waals surface area contributed by atoms with Gasteiger partial charge >= 0.3 is 7.12 Å². The molecule has 5 N–H and O–H groups in total. The molecule has 2 heterocycles. The van der Waals surface area contributed by atoms with E-state index in [4.69, 9.17) is 4.65 Å². The summed E-state index contributed by atoms with van der Waals surface area (Å²) in [6, 6.07) is 9.23. The van der Waals surface area contributed by atoms with Crippen molar-refractivity contribution in [2.75, 3.05) is 23.1 Å². The number of aromatic hydroxyl groups is 1. The molecule has 12 heteroatoms. The van der Waals surface area contributed by atoms with Gasteiger partial charge in [0, 0.05) is 17.8 Å². The second kappa shape index (κ2) is 10.1. The van der Waals surface area contributed by atoms with Gasteiger partial charge in [-0.2, -0.15) is 0 Å². The van der Waals surface area contributed by atoms with E-state index in [2.05, 4.69) is 15.4 Å². The minimum absolute atomic E-state index is 0. The molecule has 8 nitrogen and oxygen atoms in total. The van der Waals surface area contributed by atoms with Crippen LogP contribution in [-0.2, 0) is 21.3 Å². The van der Waals surface area contributed by atoms with E-state index >= 15 is 0 Å². The van der Waals surface area contributed by atoms with Crippen molar-refractivity contribution in [1.29, 1.82) is 0 Å². The van der Waals surface area contributed by atoms with Crippen LogP contribution in [0.5, 0.6) is 5.75 Å². The van der Waals surface area contributed by atoms with Gasteiger partial charge < -0.3 is 25.4 Å². The van der Waals surface area contributed by atoms with Crippen LogP contribution in [0.2, 0.25) is 0 Å². The molecular weight excluding hydrogens is 452 g/mol. The van der Waals surface area contributed by atoms with Crippen LogP contribution in [0, 0.1) is 0 Å². The van der Waals surface area contributed by atoms with E-state index in [1.807, 2.05) is 0 Å². The molecule has 4 rings (SSSR count). The maximum atomic E-state index is 13.0. The van der Waals surface area contributed by atoms with Crippen molar-refractivity contribution in [1.82, 2.24) is 5.32 Å². The second-order valence-electron chi connectivity index (χ2n) is 7.03. The summed E-state index contributed by atoms with van der Waals surface area (Å²) < 4.78 is 33.7. The molecule has 1 saturated heterocycles. The summed E-state index contributed by atoms with van der Waals surface area (Å²) in [5.74, 6) is -0.00631. The maximum Gasteiger partial charge on any atom is 0.491 e. The smallest absolute Gasteiger partial charge is 0.491 e. The number of anilines is 2. The number of phenolic OH excluding ortho intramolecular Hbond substituents is 1. The third-order valence-corrected chi connectivity index (χ3v) is 6.45. The molecule has 0 aliphatic carbocycles. The molecule has 2 aromatic carbocycles. The van der Waals surface area contributed by atoms with E-state index < -0.39 is 17.1 Å². The van der Waals surface area contributed by atoms with E-state index in [0.717, 1.165) is 31.5 Å². The Bertz CT molecular complexity index is 990. The standard InChI is InChI=1S/C18H22BN3O5S.2ClH/c23-15-3-4-18(17(10-15)21-13-5-7-20-8-6-13)28(25,26)22-14-2-1-12-11-27-19(24)16(12)9-14;;/h1-4,9-10,13,20-24H,5-8,11H2;2*1H. The minimum Gasteiger partial charge on any atom is -0.508 e. The zero-order chi connectivity index (χ0) is 19.7. The van der Waals surface area contributed by atoms with Crippen molar-refractivity contribution < 1.29 is 23.2 Å². The number of sulfonamides is 1. The minimum atomic E-state index is -3.91. The van der Waals surface area contributed by atoms with Crippen molar-refractivity contribution in [2.24, 2.45) is 0 Å². The lowest BCUT2D eigenvalue weighted by Crippen LogP contribution is -2.35. The number of piperidine rings is 1. The molecule has 0 spiro atoms. The predicted octanol–water partition coefficient (Wildman–Crippen LogP) is 1.42. The summed E-state index contributed by atoms with van der Waals surface area (Å²) in [6.07, 6.45) is 1.73. The van der Waals surface area contributed by atoms with E-state index in [-0.39, 0.29) is 41.5 Å². The number of fused-ring (bicyclic) bond motifs is 1. The highest BCUT2D eigenvalue weighted by Gasteiger charge is 2.28. The highest BCUT2D eigenvalue weighted by molar-refractivity contribution is 7.92. The number of phenols is 1. The van der Waals surface area contributed by atoms with E-state index in [9.17, 15) is 18.5 Å². The lowest BCUT2D eigenvalue weighted by atomic mass is 9.79.